The molecule has 3 rings (SSSR count). The van der Waals surface area contributed by atoms with Gasteiger partial charge in [0, 0.05) is 42.0 Å². The van der Waals surface area contributed by atoms with Gasteiger partial charge in [-0.15, -0.1) is 0 Å². The summed E-state index contributed by atoms with van der Waals surface area (Å²) in [4.78, 5) is 47.7. The lowest BCUT2D eigenvalue weighted by molar-refractivity contribution is -0.384. The molecule has 0 unspecified atom stereocenters. The Morgan fingerprint density at radius 3 is 2.30 bits per heavy atom. The Kier molecular flexibility index (Phi) is 4.98. The van der Waals surface area contributed by atoms with Crippen molar-refractivity contribution in [3.63, 3.8) is 0 Å². The zero-order chi connectivity index (χ0) is 19.6. The van der Waals surface area contributed by atoms with E-state index in [2.05, 4.69) is 5.32 Å². The summed E-state index contributed by atoms with van der Waals surface area (Å²) >= 11 is 0. The van der Waals surface area contributed by atoms with Gasteiger partial charge in [0.15, 0.2) is 5.78 Å². The Morgan fingerprint density at radius 2 is 1.74 bits per heavy atom. The Balaban J connectivity index is 1.66. The van der Waals surface area contributed by atoms with Crippen molar-refractivity contribution < 1.29 is 19.3 Å². The lowest BCUT2D eigenvalue weighted by atomic mass is 10.1. The normalized spacial score (nSPS) is 16.3. The molecule has 1 atom stereocenters. The molecule has 1 fully saturated rings. The number of hydrogen-bond acceptors (Lipinski definition) is 5. The van der Waals surface area contributed by atoms with Crippen LogP contribution in [0.4, 0.5) is 17.1 Å². The SMILES string of the molecule is CC(=O)c1ccc(NC(=O)[C@@H]2CC(=O)N(c3ccc([N+](=O)[O-])cc3)C2)cc1. The topological polar surface area (TPSA) is 110 Å². The number of ketones is 1. The Labute approximate surface area is 154 Å². The molecule has 138 valence electrons. The van der Waals surface area contributed by atoms with E-state index in [1.54, 1.807) is 24.3 Å². The van der Waals surface area contributed by atoms with E-state index in [4.69, 9.17) is 0 Å². The molecule has 1 saturated heterocycles. The van der Waals surface area contributed by atoms with Crippen LogP contribution < -0.4 is 10.2 Å². The molecule has 1 aliphatic rings. The van der Waals surface area contributed by atoms with Crippen LogP contribution in [0.15, 0.2) is 48.5 Å². The molecule has 0 aromatic heterocycles. The summed E-state index contributed by atoms with van der Waals surface area (Å²) in [6, 6.07) is 12.2. The Morgan fingerprint density at radius 1 is 1.11 bits per heavy atom. The minimum atomic E-state index is -0.528. The Bertz CT molecular complexity index is 906. The second-order valence-corrected chi connectivity index (χ2v) is 6.30. The second kappa shape index (κ2) is 7.36. The van der Waals surface area contributed by atoms with Gasteiger partial charge in [-0.3, -0.25) is 24.5 Å². The third-order valence-corrected chi connectivity index (χ3v) is 4.43. The summed E-state index contributed by atoms with van der Waals surface area (Å²) in [5, 5.41) is 13.5. The molecule has 1 N–H and O–H groups in total. The number of benzene rings is 2. The first-order valence-electron chi connectivity index (χ1n) is 8.32. The van der Waals surface area contributed by atoms with E-state index < -0.39 is 10.8 Å². The van der Waals surface area contributed by atoms with Crippen LogP contribution in [-0.2, 0) is 9.59 Å². The lowest BCUT2D eigenvalue weighted by Gasteiger charge is -2.16. The summed E-state index contributed by atoms with van der Waals surface area (Å²) in [7, 11) is 0. The summed E-state index contributed by atoms with van der Waals surface area (Å²) in [5.41, 5.74) is 1.56. The third-order valence-electron chi connectivity index (χ3n) is 4.43. The number of amides is 2. The highest BCUT2D eigenvalue weighted by atomic mass is 16.6. The molecular weight excluding hydrogens is 350 g/mol. The van der Waals surface area contributed by atoms with Crippen molar-refractivity contribution in [3.8, 4) is 0 Å². The molecule has 0 aliphatic carbocycles. The summed E-state index contributed by atoms with van der Waals surface area (Å²) in [6.07, 6.45) is 0.0638. The highest BCUT2D eigenvalue weighted by molar-refractivity contribution is 6.03. The maximum absolute atomic E-state index is 12.5. The number of Topliss-reactive ketones (excluding diaryl/α,β-unsaturated/α-hetero) is 1. The van der Waals surface area contributed by atoms with Gasteiger partial charge in [-0.25, -0.2) is 0 Å². The molecular formula is C19H17N3O5. The van der Waals surface area contributed by atoms with Gasteiger partial charge in [0.1, 0.15) is 0 Å². The van der Waals surface area contributed by atoms with Crippen LogP contribution >= 0.6 is 0 Å². The van der Waals surface area contributed by atoms with Gasteiger partial charge in [-0.2, -0.15) is 0 Å². The fourth-order valence-corrected chi connectivity index (χ4v) is 2.92. The smallest absolute Gasteiger partial charge is 0.269 e. The predicted molar refractivity (Wildman–Crippen MR) is 98.6 cm³/mol. The fraction of sp³-hybridized carbons (Fsp3) is 0.211. The number of carbonyl (C=O) groups is 3. The minimum absolute atomic E-state index is 0.0614. The summed E-state index contributed by atoms with van der Waals surface area (Å²) < 4.78 is 0. The highest BCUT2D eigenvalue weighted by Crippen LogP contribution is 2.27. The summed E-state index contributed by atoms with van der Waals surface area (Å²) in [6.45, 7) is 1.67. The van der Waals surface area contributed by atoms with Gasteiger partial charge in [0.05, 0.1) is 10.8 Å². The molecule has 0 spiro atoms. The maximum atomic E-state index is 12.5. The number of carbonyl (C=O) groups excluding carboxylic acids is 3. The van der Waals surface area contributed by atoms with Crippen LogP contribution in [0.2, 0.25) is 0 Å². The number of anilines is 2. The third kappa shape index (κ3) is 4.00. The van der Waals surface area contributed by atoms with Gasteiger partial charge in [0.25, 0.3) is 5.69 Å². The first-order valence-corrected chi connectivity index (χ1v) is 8.32. The zero-order valence-electron chi connectivity index (χ0n) is 14.5. The summed E-state index contributed by atoms with van der Waals surface area (Å²) in [5.74, 6) is -1.09. The number of nitro groups is 1. The first-order chi connectivity index (χ1) is 12.8. The number of nitrogens with one attached hydrogen (secondary N) is 1. The molecule has 8 nitrogen and oxygen atoms in total. The molecule has 1 heterocycles. The monoisotopic (exact) mass is 367 g/mol. The van der Waals surface area contributed by atoms with Gasteiger partial charge in [-0.05, 0) is 43.3 Å². The van der Waals surface area contributed by atoms with Crippen molar-refractivity contribution in [2.75, 3.05) is 16.8 Å². The van der Waals surface area contributed by atoms with Crippen molar-refractivity contribution in [3.05, 3.63) is 64.2 Å². The van der Waals surface area contributed by atoms with Crippen LogP contribution in [0.5, 0.6) is 0 Å². The average Bonchev–Trinajstić information content (AvgIpc) is 3.04. The van der Waals surface area contributed by atoms with Crippen LogP contribution in [-0.4, -0.2) is 29.1 Å². The largest absolute Gasteiger partial charge is 0.326 e. The number of rotatable bonds is 5. The fourth-order valence-electron chi connectivity index (χ4n) is 2.92. The number of hydrogen-bond donors (Lipinski definition) is 1. The predicted octanol–water partition coefficient (Wildman–Crippen LogP) is 2.79. The van der Waals surface area contributed by atoms with Crippen LogP contribution in [0.1, 0.15) is 23.7 Å². The Hall–Kier alpha value is -3.55. The van der Waals surface area contributed by atoms with Crippen LogP contribution in [0, 0.1) is 16.0 Å². The van der Waals surface area contributed by atoms with E-state index in [1.165, 1.54) is 36.1 Å². The molecule has 27 heavy (non-hydrogen) atoms. The van der Waals surface area contributed by atoms with E-state index in [9.17, 15) is 24.5 Å². The minimum Gasteiger partial charge on any atom is -0.326 e. The van der Waals surface area contributed by atoms with Gasteiger partial charge >= 0.3 is 0 Å². The van der Waals surface area contributed by atoms with Crippen molar-refractivity contribution in [2.24, 2.45) is 5.92 Å². The van der Waals surface area contributed by atoms with Crippen LogP contribution in [0.3, 0.4) is 0 Å². The quantitative estimate of drug-likeness (QED) is 0.496. The maximum Gasteiger partial charge on any atom is 0.269 e. The number of non-ortho nitro benzene ring substituents is 1. The van der Waals surface area contributed by atoms with Gasteiger partial charge < -0.3 is 10.2 Å². The standard InChI is InChI=1S/C19H17N3O5/c1-12(23)13-2-4-15(5-3-13)20-19(25)14-10-18(24)21(11-14)16-6-8-17(9-7-16)22(26)27/h2-9,14H,10-11H2,1H3,(H,20,25)/t14-/m1/s1. The van der Waals surface area contributed by atoms with E-state index in [0.717, 1.165) is 0 Å². The average molecular weight is 367 g/mol. The zero-order valence-corrected chi connectivity index (χ0v) is 14.5. The van der Waals surface area contributed by atoms with Crippen molar-refractivity contribution in [2.45, 2.75) is 13.3 Å². The molecule has 0 bridgehead atoms. The molecule has 1 aliphatic heterocycles. The van der Waals surface area contributed by atoms with Crippen molar-refractivity contribution in [1.82, 2.24) is 0 Å². The van der Waals surface area contributed by atoms with Gasteiger partial charge in [-0.1, -0.05) is 0 Å². The second-order valence-electron chi connectivity index (χ2n) is 6.30. The van der Waals surface area contributed by atoms with E-state index in [1.807, 2.05) is 0 Å². The van der Waals surface area contributed by atoms with E-state index >= 15 is 0 Å². The van der Waals surface area contributed by atoms with Crippen molar-refractivity contribution in [1.29, 1.82) is 0 Å². The molecule has 2 amide bonds. The van der Waals surface area contributed by atoms with E-state index in [-0.39, 0.29) is 36.3 Å². The van der Waals surface area contributed by atoms with Gasteiger partial charge in [0.2, 0.25) is 11.8 Å². The van der Waals surface area contributed by atoms with Crippen LogP contribution in [0.25, 0.3) is 0 Å². The number of nitro benzene ring substituents is 1. The molecule has 0 saturated carbocycles. The molecule has 8 heteroatoms. The van der Waals surface area contributed by atoms with Crippen molar-refractivity contribution >= 4 is 34.7 Å². The van der Waals surface area contributed by atoms with E-state index in [0.29, 0.717) is 16.9 Å². The first kappa shape index (κ1) is 18.2. The molecule has 2 aromatic rings. The molecule has 2 aromatic carbocycles. The lowest BCUT2D eigenvalue weighted by Crippen LogP contribution is -2.28. The molecule has 0 radical (unpaired) electrons. The number of nitrogens with zero attached hydrogens (tertiary/aromatic N) is 2. The highest BCUT2D eigenvalue weighted by Gasteiger charge is 2.35.